The summed E-state index contributed by atoms with van der Waals surface area (Å²) >= 11 is 0. The molecule has 0 fully saturated rings. The summed E-state index contributed by atoms with van der Waals surface area (Å²) in [6.07, 6.45) is 2.57. The number of nitrogens with two attached hydrogens (primary N) is 1. The number of nitrogens with zero attached hydrogens (tertiary/aromatic N) is 4. The second-order valence-electron chi connectivity index (χ2n) is 7.91. The lowest BCUT2D eigenvalue weighted by molar-refractivity contribution is 0.0452. The van der Waals surface area contributed by atoms with E-state index in [1.807, 2.05) is 35.0 Å². The predicted octanol–water partition coefficient (Wildman–Crippen LogP) is 3.32. The van der Waals surface area contributed by atoms with Crippen molar-refractivity contribution >= 4 is 28.9 Å². The Balaban J connectivity index is 1.39. The number of benzene rings is 1. The molecule has 0 unspecified atom stereocenters. The second kappa shape index (κ2) is 8.62. The van der Waals surface area contributed by atoms with Gasteiger partial charge in [-0.1, -0.05) is 18.2 Å². The number of furan rings is 1. The minimum Gasteiger partial charge on any atom is -0.462 e. The zero-order chi connectivity index (χ0) is 23.8. The van der Waals surface area contributed by atoms with Crippen molar-refractivity contribution < 1.29 is 23.5 Å². The van der Waals surface area contributed by atoms with Gasteiger partial charge in [0.15, 0.2) is 18.1 Å². The number of aromatic nitrogens is 4. The van der Waals surface area contributed by atoms with E-state index in [-0.39, 0.29) is 41.5 Å². The molecule has 0 saturated carbocycles. The first kappa shape index (κ1) is 21.6. The molecule has 1 aliphatic carbocycles. The highest BCUT2D eigenvalue weighted by atomic mass is 16.5. The van der Waals surface area contributed by atoms with E-state index in [2.05, 4.69) is 15.1 Å². The maximum Gasteiger partial charge on any atom is 0.359 e. The number of carbonyl (C=O) groups is 2. The van der Waals surface area contributed by atoms with Crippen molar-refractivity contribution in [3.63, 3.8) is 0 Å². The van der Waals surface area contributed by atoms with E-state index < -0.39 is 11.9 Å². The van der Waals surface area contributed by atoms with Crippen LogP contribution < -0.4 is 5.73 Å². The lowest BCUT2D eigenvalue weighted by Crippen LogP contribution is -2.12. The number of fused-ring (bicyclic) bond motifs is 2. The molecule has 0 bridgehead atoms. The summed E-state index contributed by atoms with van der Waals surface area (Å²) in [6, 6.07) is 9.68. The number of rotatable bonds is 6. The fourth-order valence-corrected chi connectivity index (χ4v) is 4.28. The van der Waals surface area contributed by atoms with Crippen molar-refractivity contribution in [1.29, 1.82) is 0 Å². The van der Waals surface area contributed by atoms with Crippen LogP contribution in [-0.4, -0.2) is 38.3 Å². The lowest BCUT2D eigenvalue weighted by atomic mass is 10.2. The number of hydrogen-bond acceptors (Lipinski definition) is 9. The Hall–Kier alpha value is -4.21. The highest BCUT2D eigenvalue weighted by Crippen LogP contribution is 2.30. The molecule has 3 heterocycles. The molecular formula is C24H23N5O5. The third kappa shape index (κ3) is 3.66. The van der Waals surface area contributed by atoms with E-state index in [1.54, 1.807) is 13.8 Å². The summed E-state index contributed by atoms with van der Waals surface area (Å²) in [4.78, 5) is 33.7. The van der Waals surface area contributed by atoms with E-state index in [1.165, 1.54) is 0 Å². The van der Waals surface area contributed by atoms with Crippen LogP contribution in [0.15, 0.2) is 34.7 Å². The number of nitrogen functional groups attached to an aromatic ring is 1. The van der Waals surface area contributed by atoms with Gasteiger partial charge >= 0.3 is 11.9 Å². The minimum atomic E-state index is -0.559. The second-order valence-corrected chi connectivity index (χ2v) is 7.91. The number of anilines is 1. The normalized spacial score (nSPS) is 12.6. The zero-order valence-corrected chi connectivity index (χ0v) is 18.8. The van der Waals surface area contributed by atoms with Gasteiger partial charge in [0, 0.05) is 11.3 Å². The van der Waals surface area contributed by atoms with Crippen molar-refractivity contribution in [2.24, 2.45) is 0 Å². The Morgan fingerprint density at radius 1 is 1.12 bits per heavy atom. The maximum atomic E-state index is 12.9. The molecule has 174 valence electrons. The van der Waals surface area contributed by atoms with Crippen molar-refractivity contribution in [3.8, 4) is 5.69 Å². The third-order valence-electron chi connectivity index (χ3n) is 5.74. The molecule has 0 atom stereocenters. The molecule has 3 aromatic heterocycles. The van der Waals surface area contributed by atoms with Crippen molar-refractivity contribution in [2.75, 3.05) is 12.3 Å². The number of para-hydroxylation sites is 1. The number of aryl methyl sites for hydroxylation is 1. The Bertz CT molecular complexity index is 1410. The van der Waals surface area contributed by atoms with E-state index in [9.17, 15) is 9.59 Å². The van der Waals surface area contributed by atoms with Crippen LogP contribution in [-0.2, 0) is 28.9 Å². The van der Waals surface area contributed by atoms with E-state index in [0.717, 1.165) is 36.2 Å². The minimum absolute atomic E-state index is 0.0465. The summed E-state index contributed by atoms with van der Waals surface area (Å²) in [5.41, 5.74) is 9.54. The molecule has 0 aliphatic heterocycles. The molecular weight excluding hydrogens is 438 g/mol. The Morgan fingerprint density at radius 3 is 2.68 bits per heavy atom. The van der Waals surface area contributed by atoms with Crippen LogP contribution in [0.5, 0.6) is 0 Å². The van der Waals surface area contributed by atoms with Gasteiger partial charge < -0.3 is 19.6 Å². The molecule has 2 N–H and O–H groups in total. The number of hydrogen-bond donors (Lipinski definition) is 1. The fourth-order valence-electron chi connectivity index (χ4n) is 4.28. The predicted molar refractivity (Wildman–Crippen MR) is 122 cm³/mol. The third-order valence-corrected chi connectivity index (χ3v) is 5.74. The van der Waals surface area contributed by atoms with Crippen molar-refractivity contribution in [2.45, 2.75) is 39.7 Å². The highest BCUT2D eigenvalue weighted by Gasteiger charge is 2.28. The first-order valence-corrected chi connectivity index (χ1v) is 11.0. The molecule has 0 radical (unpaired) electrons. The van der Waals surface area contributed by atoms with Gasteiger partial charge in [-0.05, 0) is 45.2 Å². The monoisotopic (exact) mass is 461 g/mol. The first-order chi connectivity index (χ1) is 16.5. The van der Waals surface area contributed by atoms with Crippen LogP contribution in [0, 0.1) is 6.92 Å². The van der Waals surface area contributed by atoms with Crippen molar-refractivity contribution in [3.05, 3.63) is 64.4 Å². The molecule has 34 heavy (non-hydrogen) atoms. The van der Waals surface area contributed by atoms with Gasteiger partial charge in [-0.3, -0.25) is 0 Å². The van der Waals surface area contributed by atoms with Gasteiger partial charge in [-0.15, -0.1) is 0 Å². The van der Waals surface area contributed by atoms with Crippen LogP contribution in [0.25, 0.3) is 16.8 Å². The van der Waals surface area contributed by atoms with Gasteiger partial charge in [-0.25, -0.2) is 19.3 Å². The molecule has 10 nitrogen and oxygen atoms in total. The quantitative estimate of drug-likeness (QED) is 0.429. The summed E-state index contributed by atoms with van der Waals surface area (Å²) in [5, 5.41) is 4.82. The van der Waals surface area contributed by atoms with Crippen LogP contribution in [0.3, 0.4) is 0 Å². The fraction of sp³-hybridized carbons (Fsp3) is 0.292. The molecule has 1 aliphatic rings. The average molecular weight is 461 g/mol. The van der Waals surface area contributed by atoms with Crippen molar-refractivity contribution in [1.82, 2.24) is 19.7 Å². The van der Waals surface area contributed by atoms with Gasteiger partial charge in [0.25, 0.3) is 0 Å². The highest BCUT2D eigenvalue weighted by molar-refractivity contribution is 6.07. The molecule has 0 amide bonds. The zero-order valence-electron chi connectivity index (χ0n) is 18.8. The molecule has 0 spiro atoms. The largest absolute Gasteiger partial charge is 0.462 e. The van der Waals surface area contributed by atoms with Gasteiger partial charge in [0.1, 0.15) is 17.1 Å². The van der Waals surface area contributed by atoms with Crippen LogP contribution in [0.1, 0.15) is 57.0 Å². The molecule has 10 heteroatoms. The van der Waals surface area contributed by atoms with Crippen LogP contribution in [0.2, 0.25) is 0 Å². The van der Waals surface area contributed by atoms with E-state index in [4.69, 9.17) is 19.6 Å². The summed E-state index contributed by atoms with van der Waals surface area (Å²) < 4.78 is 18.0. The summed E-state index contributed by atoms with van der Waals surface area (Å²) in [6.45, 7) is 3.32. The van der Waals surface area contributed by atoms with Crippen LogP contribution >= 0.6 is 0 Å². The summed E-state index contributed by atoms with van der Waals surface area (Å²) in [5.74, 6) is -0.591. The average Bonchev–Trinajstić information content (AvgIpc) is 3.51. The first-order valence-electron chi connectivity index (χ1n) is 11.0. The topological polar surface area (TPSA) is 135 Å². The molecule has 0 saturated heterocycles. The Labute approximate surface area is 194 Å². The van der Waals surface area contributed by atoms with E-state index >= 15 is 0 Å². The smallest absolute Gasteiger partial charge is 0.359 e. The van der Waals surface area contributed by atoms with E-state index in [0.29, 0.717) is 11.5 Å². The molecule has 1 aromatic carbocycles. The Kier molecular flexibility index (Phi) is 5.48. The van der Waals surface area contributed by atoms with Crippen LogP contribution in [0.4, 0.5) is 5.82 Å². The molecule has 5 rings (SSSR count). The standard InChI is InChI=1S/C24H23N5O5/c1-3-32-23(30)18-13(2)34-22-19(18)21(25)26-17(27-22)12-33-24(31)20-15-10-7-11-16(15)29(28-20)14-8-5-4-6-9-14/h4-6,8-9H,3,7,10-12H2,1-2H3,(H2,25,26,27). The molecule has 4 aromatic rings. The summed E-state index contributed by atoms with van der Waals surface area (Å²) in [7, 11) is 0. The lowest BCUT2D eigenvalue weighted by Gasteiger charge is -2.06. The van der Waals surface area contributed by atoms with Gasteiger partial charge in [0.05, 0.1) is 17.7 Å². The number of esters is 2. The SMILES string of the molecule is CCOC(=O)c1c(C)oc2nc(COC(=O)c3nn(-c4ccccc4)c4c3CCC4)nc(N)c12. The van der Waals surface area contributed by atoms with Gasteiger partial charge in [-0.2, -0.15) is 10.1 Å². The Morgan fingerprint density at radius 2 is 1.91 bits per heavy atom. The maximum absolute atomic E-state index is 12.9. The van der Waals surface area contributed by atoms with Gasteiger partial charge in [0.2, 0.25) is 5.71 Å². The number of carbonyl (C=O) groups excluding carboxylic acids is 2. The number of ether oxygens (including phenoxy) is 2.